The Bertz CT molecular complexity index is 9.61. The first kappa shape index (κ1) is 9.04. The molecule has 2 nitrogen and oxygen atoms in total. The first-order chi connectivity index (χ1) is 2.41. The largest absolute Gasteiger partial charge is 0.331 e. The van der Waals surface area contributed by atoms with E-state index in [4.69, 9.17) is 9.93 Å². The van der Waals surface area contributed by atoms with Gasteiger partial charge in [-0.3, -0.25) is 0 Å². The van der Waals surface area contributed by atoms with Crippen LogP contribution in [0.15, 0.2) is 0 Å². The number of nitrogens with two attached hydrogens (primary N) is 1. The SMILES string of the molecule is CCN.OBr. The van der Waals surface area contributed by atoms with Crippen LogP contribution < -0.4 is 5.73 Å². The molecule has 0 saturated carbocycles. The van der Waals surface area contributed by atoms with Gasteiger partial charge in [0, 0.05) is 0 Å². The zero-order valence-corrected chi connectivity index (χ0v) is 4.70. The monoisotopic (exact) mass is 141 g/mol. The topological polar surface area (TPSA) is 46.2 Å². The van der Waals surface area contributed by atoms with E-state index in [0.29, 0.717) is 0 Å². The molecule has 34 valence electrons. The van der Waals surface area contributed by atoms with E-state index in [1.54, 1.807) is 0 Å². The fraction of sp³-hybridized carbons (Fsp3) is 1.00. The number of hydrogen-bond acceptors (Lipinski definition) is 2. The molecular formula is C2H8BrNO. The van der Waals surface area contributed by atoms with Crippen molar-refractivity contribution in [3.63, 3.8) is 0 Å². The van der Waals surface area contributed by atoms with Crippen LogP contribution in [0, 0.1) is 0 Å². The van der Waals surface area contributed by atoms with Gasteiger partial charge in [-0.25, -0.2) is 0 Å². The first-order valence-corrected chi connectivity index (χ1v) is 1.99. The molecule has 0 aliphatic rings. The van der Waals surface area contributed by atoms with Crippen molar-refractivity contribution in [2.45, 2.75) is 6.92 Å². The zero-order valence-electron chi connectivity index (χ0n) is 3.11. The Balaban J connectivity index is 0. The highest BCUT2D eigenvalue weighted by Gasteiger charge is 1.32. The highest BCUT2D eigenvalue weighted by molar-refractivity contribution is 9.05. The Labute approximate surface area is 40.4 Å². The Kier molecular flexibility index (Phi) is 46.9. The maximum atomic E-state index is 6.81. The van der Waals surface area contributed by atoms with Gasteiger partial charge >= 0.3 is 0 Å². The summed E-state index contributed by atoms with van der Waals surface area (Å²) in [7, 11) is 0. The maximum absolute atomic E-state index is 6.81. The van der Waals surface area contributed by atoms with Crippen LogP contribution >= 0.6 is 16.3 Å². The van der Waals surface area contributed by atoms with Crippen LogP contribution in [-0.2, 0) is 0 Å². The molecule has 0 aromatic rings. The molecule has 0 aliphatic heterocycles. The molecule has 0 radical (unpaired) electrons. The lowest BCUT2D eigenvalue weighted by Crippen LogP contribution is -1.87. The molecule has 0 spiro atoms. The lowest BCUT2D eigenvalue weighted by Gasteiger charge is -1.53. The third kappa shape index (κ3) is 158. The number of hydrogen-bond donors (Lipinski definition) is 2. The summed E-state index contributed by atoms with van der Waals surface area (Å²) in [4.78, 5) is 0. The molecule has 0 unspecified atom stereocenters. The first-order valence-electron chi connectivity index (χ1n) is 1.28. The molecule has 0 atom stereocenters. The molecule has 0 aromatic heterocycles. The minimum atomic E-state index is 0.750. The van der Waals surface area contributed by atoms with Gasteiger partial charge < -0.3 is 9.93 Å². The Morgan fingerprint density at radius 1 is 1.80 bits per heavy atom. The third-order valence-corrected chi connectivity index (χ3v) is 0. The van der Waals surface area contributed by atoms with Gasteiger partial charge in [0.1, 0.15) is 0 Å². The molecule has 0 fully saturated rings. The fourth-order valence-electron chi connectivity index (χ4n) is 0. The summed E-state index contributed by atoms with van der Waals surface area (Å²) >= 11 is 1.94. The molecule has 0 aromatic carbocycles. The van der Waals surface area contributed by atoms with Crippen molar-refractivity contribution in [3.8, 4) is 0 Å². The average molecular weight is 142 g/mol. The third-order valence-electron chi connectivity index (χ3n) is 0. The summed E-state index contributed by atoms with van der Waals surface area (Å²) in [5.41, 5.74) is 4.85. The van der Waals surface area contributed by atoms with E-state index in [1.165, 1.54) is 0 Å². The van der Waals surface area contributed by atoms with E-state index in [-0.39, 0.29) is 0 Å². The van der Waals surface area contributed by atoms with E-state index < -0.39 is 0 Å². The molecule has 3 heteroatoms. The van der Waals surface area contributed by atoms with Crippen molar-refractivity contribution in [1.82, 2.24) is 0 Å². The normalized spacial score (nSPS) is 4.80. The molecular weight excluding hydrogens is 134 g/mol. The van der Waals surface area contributed by atoms with E-state index in [9.17, 15) is 0 Å². The van der Waals surface area contributed by atoms with Crippen molar-refractivity contribution < 1.29 is 4.20 Å². The van der Waals surface area contributed by atoms with Gasteiger partial charge in [0.05, 0.1) is 16.3 Å². The second-order valence-corrected chi connectivity index (χ2v) is 0.408. The highest BCUT2D eigenvalue weighted by Crippen LogP contribution is 1.43. The molecule has 0 rings (SSSR count). The van der Waals surface area contributed by atoms with Crippen LogP contribution in [0.5, 0.6) is 0 Å². The van der Waals surface area contributed by atoms with Gasteiger partial charge in [-0.2, -0.15) is 0 Å². The van der Waals surface area contributed by atoms with Crippen LogP contribution in [0.4, 0.5) is 0 Å². The summed E-state index contributed by atoms with van der Waals surface area (Å²) in [6.45, 7) is 2.65. The van der Waals surface area contributed by atoms with E-state index in [2.05, 4.69) is 0 Å². The Morgan fingerprint density at radius 3 is 1.80 bits per heavy atom. The average Bonchev–Trinajstić information content (AvgIpc) is 1.46. The zero-order chi connectivity index (χ0) is 4.71. The molecule has 0 amide bonds. The van der Waals surface area contributed by atoms with Gasteiger partial charge in [0.15, 0.2) is 0 Å². The van der Waals surface area contributed by atoms with Crippen LogP contribution in [0.3, 0.4) is 0 Å². The standard InChI is InChI=1S/C2H7N.BrHO/c1-2-3;1-2/h2-3H2,1H3;2H. The van der Waals surface area contributed by atoms with Gasteiger partial charge in [-0.1, -0.05) is 6.92 Å². The minimum absolute atomic E-state index is 0.750. The molecule has 0 aliphatic carbocycles. The van der Waals surface area contributed by atoms with Gasteiger partial charge in [-0.15, -0.1) is 0 Å². The Morgan fingerprint density at radius 2 is 1.80 bits per heavy atom. The number of rotatable bonds is 0. The fourth-order valence-corrected chi connectivity index (χ4v) is 0. The Hall–Kier alpha value is 0.400. The second-order valence-electron chi connectivity index (χ2n) is 0.408. The van der Waals surface area contributed by atoms with Crippen LogP contribution in [0.2, 0.25) is 0 Å². The predicted octanol–water partition coefficient (Wildman–Crippen LogP) is 0.254. The smallest absolute Gasteiger partial charge is 0.0957 e. The van der Waals surface area contributed by atoms with Crippen molar-refractivity contribution in [3.05, 3.63) is 0 Å². The van der Waals surface area contributed by atoms with Gasteiger partial charge in [-0.05, 0) is 6.54 Å². The minimum Gasteiger partial charge on any atom is -0.331 e. The molecule has 5 heavy (non-hydrogen) atoms. The van der Waals surface area contributed by atoms with Gasteiger partial charge in [0.25, 0.3) is 0 Å². The van der Waals surface area contributed by atoms with Crippen LogP contribution in [0.1, 0.15) is 6.92 Å². The predicted molar refractivity (Wildman–Crippen MR) is 25.9 cm³/mol. The van der Waals surface area contributed by atoms with Crippen molar-refractivity contribution in [1.29, 1.82) is 0 Å². The lowest BCUT2D eigenvalue weighted by atomic mass is 10.8. The van der Waals surface area contributed by atoms with Crippen molar-refractivity contribution in [2.75, 3.05) is 6.54 Å². The quantitative estimate of drug-likeness (QED) is 0.509. The molecule has 3 N–H and O–H groups in total. The highest BCUT2D eigenvalue weighted by atomic mass is 79.9. The van der Waals surface area contributed by atoms with E-state index in [1.807, 2.05) is 23.2 Å². The molecule has 0 saturated heterocycles. The van der Waals surface area contributed by atoms with Crippen LogP contribution in [0.25, 0.3) is 0 Å². The number of halogens is 1. The van der Waals surface area contributed by atoms with E-state index in [0.717, 1.165) is 6.54 Å². The molecule has 0 bridgehead atoms. The van der Waals surface area contributed by atoms with Crippen LogP contribution in [-0.4, -0.2) is 10.7 Å². The van der Waals surface area contributed by atoms with E-state index >= 15 is 0 Å². The summed E-state index contributed by atoms with van der Waals surface area (Å²) in [6.07, 6.45) is 0. The summed E-state index contributed by atoms with van der Waals surface area (Å²) in [5, 5.41) is 0. The second kappa shape index (κ2) is 26.0. The summed E-state index contributed by atoms with van der Waals surface area (Å²) in [5.74, 6) is 0. The van der Waals surface area contributed by atoms with Gasteiger partial charge in [0.2, 0.25) is 0 Å². The lowest BCUT2D eigenvalue weighted by molar-refractivity contribution is 0.702. The summed E-state index contributed by atoms with van der Waals surface area (Å²) in [6, 6.07) is 0. The summed E-state index contributed by atoms with van der Waals surface area (Å²) < 4.78 is 6.81. The van der Waals surface area contributed by atoms with Crippen molar-refractivity contribution >= 4 is 16.3 Å². The van der Waals surface area contributed by atoms with Crippen molar-refractivity contribution in [2.24, 2.45) is 5.73 Å². The molecule has 0 heterocycles. The maximum Gasteiger partial charge on any atom is 0.0957 e.